The van der Waals surface area contributed by atoms with Crippen LogP contribution in [0.3, 0.4) is 0 Å². The van der Waals surface area contributed by atoms with E-state index in [0.717, 1.165) is 45.8 Å². The van der Waals surface area contributed by atoms with Crippen LogP contribution in [0.15, 0.2) is 103 Å². The summed E-state index contributed by atoms with van der Waals surface area (Å²) in [7, 11) is 0. The number of rotatable bonds is 8. The summed E-state index contributed by atoms with van der Waals surface area (Å²) in [5.41, 5.74) is 12.8. The Bertz CT molecular complexity index is 2040. The molecule has 7 rings (SSSR count). The van der Waals surface area contributed by atoms with E-state index < -0.39 is 0 Å². The Labute approximate surface area is 258 Å². The number of phenolic OH excluding ortho intramolecular Hbond substituents is 1. The van der Waals surface area contributed by atoms with E-state index in [0.29, 0.717) is 36.6 Å². The van der Waals surface area contributed by atoms with Crippen LogP contribution in [0.5, 0.6) is 5.75 Å². The van der Waals surface area contributed by atoms with Gasteiger partial charge in [-0.1, -0.05) is 42.5 Å². The zero-order chi connectivity index (χ0) is 30.9. The third kappa shape index (κ3) is 5.50. The number of nitrogens with zero attached hydrogens (tertiary/aromatic N) is 5. The van der Waals surface area contributed by atoms with Gasteiger partial charge in [0, 0.05) is 42.6 Å². The molecule has 10 nitrogen and oxygen atoms in total. The number of aromatic hydroxyl groups is 1. The number of aldehydes is 1. The summed E-state index contributed by atoms with van der Waals surface area (Å²) in [6.07, 6.45) is 2.19. The number of nitrogen functional groups attached to an aromatic ring is 1. The smallest absolute Gasteiger partial charge is 0.251 e. The van der Waals surface area contributed by atoms with Crippen molar-refractivity contribution in [2.24, 2.45) is 0 Å². The van der Waals surface area contributed by atoms with Crippen molar-refractivity contribution in [1.82, 2.24) is 29.7 Å². The average molecular weight is 596 g/mol. The lowest BCUT2D eigenvalue weighted by Gasteiger charge is -2.39. The molecule has 3 aromatic heterocycles. The molecule has 0 aliphatic carbocycles. The molecule has 0 saturated carbocycles. The van der Waals surface area contributed by atoms with Crippen LogP contribution in [-0.2, 0) is 6.54 Å². The molecule has 0 radical (unpaired) electrons. The van der Waals surface area contributed by atoms with Crippen molar-refractivity contribution in [3.05, 3.63) is 120 Å². The number of anilines is 1. The van der Waals surface area contributed by atoms with Gasteiger partial charge in [-0.3, -0.25) is 19.1 Å². The Morgan fingerprint density at radius 3 is 2.51 bits per heavy atom. The molecule has 6 aromatic rings. The fourth-order valence-electron chi connectivity index (χ4n) is 5.62. The predicted octanol–water partition coefficient (Wildman–Crippen LogP) is 4.86. The van der Waals surface area contributed by atoms with Crippen molar-refractivity contribution >= 4 is 29.2 Å². The number of pyridine rings is 2. The van der Waals surface area contributed by atoms with Crippen LogP contribution < -0.4 is 11.1 Å². The normalized spacial score (nSPS) is 13.4. The topological polar surface area (TPSA) is 139 Å². The molecule has 0 spiro atoms. The molecular formula is C35H29N7O3. The first-order valence-electron chi connectivity index (χ1n) is 14.5. The summed E-state index contributed by atoms with van der Waals surface area (Å²) in [5, 5.41) is 12.7. The number of phenols is 1. The summed E-state index contributed by atoms with van der Waals surface area (Å²) in [4.78, 5) is 40.2. The van der Waals surface area contributed by atoms with E-state index in [2.05, 4.69) is 39.5 Å². The van der Waals surface area contributed by atoms with Crippen molar-refractivity contribution in [3.63, 3.8) is 0 Å². The van der Waals surface area contributed by atoms with Gasteiger partial charge in [0.1, 0.15) is 17.1 Å². The maximum atomic E-state index is 12.6. The first-order valence-corrected chi connectivity index (χ1v) is 14.5. The summed E-state index contributed by atoms with van der Waals surface area (Å²) in [6.45, 7) is 2.13. The van der Waals surface area contributed by atoms with Gasteiger partial charge in [0.2, 0.25) is 0 Å². The Morgan fingerprint density at radius 1 is 0.956 bits per heavy atom. The molecule has 45 heavy (non-hydrogen) atoms. The van der Waals surface area contributed by atoms with Gasteiger partial charge in [0.25, 0.3) is 5.91 Å². The number of benzene rings is 3. The minimum absolute atomic E-state index is 0.0000426. The standard InChI is InChI=1S/C35H29N7O3/c36-32-28(7-4-16-37-32)33-40-30-14-13-29(23-5-2-1-3-6-23)39-34(30)42(33)27-11-8-22(9-12-27)18-41-19-26(20-41)38-35(45)24-10-15-31(44)25(17-24)21-43/h1-17,21,26,44H,18-20H2,(H2,36,37)(H,38,45). The monoisotopic (exact) mass is 595 g/mol. The number of likely N-dealkylation sites (tertiary alicyclic amines) is 1. The number of fused-ring (bicyclic) bond motifs is 1. The Morgan fingerprint density at radius 2 is 1.76 bits per heavy atom. The molecule has 0 atom stereocenters. The minimum Gasteiger partial charge on any atom is -0.507 e. The molecule has 1 fully saturated rings. The van der Waals surface area contributed by atoms with Gasteiger partial charge in [-0.2, -0.15) is 0 Å². The lowest BCUT2D eigenvalue weighted by Crippen LogP contribution is -2.58. The van der Waals surface area contributed by atoms with Gasteiger partial charge in [0.05, 0.1) is 22.9 Å². The van der Waals surface area contributed by atoms with Gasteiger partial charge in [-0.25, -0.2) is 15.0 Å². The van der Waals surface area contributed by atoms with Crippen molar-refractivity contribution in [3.8, 4) is 34.1 Å². The maximum absolute atomic E-state index is 12.6. The second kappa shape index (κ2) is 11.7. The van der Waals surface area contributed by atoms with Crippen LogP contribution in [0.25, 0.3) is 39.5 Å². The molecule has 0 bridgehead atoms. The fraction of sp³-hybridized carbons (Fsp3) is 0.114. The number of carbonyl (C=O) groups excluding carboxylic acids is 2. The highest BCUT2D eigenvalue weighted by molar-refractivity contribution is 5.96. The number of amides is 1. The lowest BCUT2D eigenvalue weighted by atomic mass is 10.1. The van der Waals surface area contributed by atoms with Gasteiger partial charge >= 0.3 is 0 Å². The molecule has 1 saturated heterocycles. The largest absolute Gasteiger partial charge is 0.507 e. The molecule has 1 aliphatic heterocycles. The lowest BCUT2D eigenvalue weighted by molar-refractivity contribution is 0.0795. The number of imidazole rings is 1. The van der Waals surface area contributed by atoms with Crippen molar-refractivity contribution in [2.75, 3.05) is 18.8 Å². The highest BCUT2D eigenvalue weighted by Crippen LogP contribution is 2.32. The quantitative estimate of drug-likeness (QED) is 0.212. The van der Waals surface area contributed by atoms with E-state index in [1.807, 2.05) is 59.2 Å². The predicted molar refractivity (Wildman–Crippen MR) is 172 cm³/mol. The number of hydrogen-bond acceptors (Lipinski definition) is 8. The number of aromatic nitrogens is 4. The van der Waals surface area contributed by atoms with Crippen LogP contribution in [0.2, 0.25) is 0 Å². The van der Waals surface area contributed by atoms with Crippen LogP contribution in [0.1, 0.15) is 26.3 Å². The van der Waals surface area contributed by atoms with Gasteiger partial charge in [-0.15, -0.1) is 0 Å². The average Bonchev–Trinajstić information content (AvgIpc) is 3.43. The molecule has 1 aliphatic rings. The zero-order valence-corrected chi connectivity index (χ0v) is 24.2. The van der Waals surface area contributed by atoms with Gasteiger partial charge in [0.15, 0.2) is 17.8 Å². The van der Waals surface area contributed by atoms with Crippen LogP contribution >= 0.6 is 0 Å². The summed E-state index contributed by atoms with van der Waals surface area (Å²) >= 11 is 0. The minimum atomic E-state index is -0.270. The zero-order valence-electron chi connectivity index (χ0n) is 24.2. The molecule has 0 unspecified atom stereocenters. The second-order valence-electron chi connectivity index (χ2n) is 11.0. The number of hydrogen-bond donors (Lipinski definition) is 3. The van der Waals surface area contributed by atoms with Crippen molar-refractivity contribution in [1.29, 1.82) is 0 Å². The van der Waals surface area contributed by atoms with Crippen molar-refractivity contribution < 1.29 is 14.7 Å². The molecule has 10 heteroatoms. The number of nitrogens with one attached hydrogen (secondary N) is 1. The number of carbonyl (C=O) groups is 2. The molecule has 4 N–H and O–H groups in total. The Balaban J connectivity index is 1.10. The first-order chi connectivity index (χ1) is 22.0. The highest BCUT2D eigenvalue weighted by atomic mass is 16.3. The Hall–Kier alpha value is -5.87. The van der Waals surface area contributed by atoms with E-state index >= 15 is 0 Å². The molecule has 4 heterocycles. The third-order valence-electron chi connectivity index (χ3n) is 7.96. The van der Waals surface area contributed by atoms with E-state index in [9.17, 15) is 14.7 Å². The van der Waals surface area contributed by atoms with Crippen molar-refractivity contribution in [2.45, 2.75) is 12.6 Å². The summed E-state index contributed by atoms with van der Waals surface area (Å²) in [5.74, 6) is 0.641. The molecule has 1 amide bonds. The Kier molecular flexibility index (Phi) is 7.24. The van der Waals surface area contributed by atoms with Crippen LogP contribution in [-0.4, -0.2) is 60.9 Å². The fourth-order valence-corrected chi connectivity index (χ4v) is 5.62. The van der Waals surface area contributed by atoms with Crippen LogP contribution in [0, 0.1) is 0 Å². The second-order valence-corrected chi connectivity index (χ2v) is 11.0. The maximum Gasteiger partial charge on any atom is 0.251 e. The summed E-state index contributed by atoms with van der Waals surface area (Å²) in [6, 6.07) is 30.3. The van der Waals surface area contributed by atoms with Gasteiger partial charge < -0.3 is 16.2 Å². The summed E-state index contributed by atoms with van der Waals surface area (Å²) < 4.78 is 2.02. The van der Waals surface area contributed by atoms with E-state index in [-0.39, 0.29) is 23.3 Å². The SMILES string of the molecule is Nc1ncccc1-c1nc2ccc(-c3ccccc3)nc2n1-c1ccc(CN2CC(NC(=O)c3ccc(O)c(C=O)c3)C2)cc1. The van der Waals surface area contributed by atoms with Crippen LogP contribution in [0.4, 0.5) is 5.82 Å². The third-order valence-corrected chi connectivity index (χ3v) is 7.96. The molecule has 3 aromatic carbocycles. The first kappa shape index (κ1) is 27.9. The number of nitrogens with two attached hydrogens (primary N) is 1. The van der Waals surface area contributed by atoms with E-state index in [1.54, 1.807) is 6.20 Å². The van der Waals surface area contributed by atoms with Gasteiger partial charge in [-0.05, 0) is 60.2 Å². The highest BCUT2D eigenvalue weighted by Gasteiger charge is 2.28. The van der Waals surface area contributed by atoms with E-state index in [1.165, 1.54) is 18.2 Å². The molecule has 222 valence electrons. The van der Waals surface area contributed by atoms with E-state index in [4.69, 9.17) is 15.7 Å². The molecular weight excluding hydrogens is 566 g/mol.